The number of hydrogen-bond acceptors (Lipinski definition) is 2. The largest absolute Gasteiger partial charge is 0.380 e. The van der Waals surface area contributed by atoms with Crippen LogP contribution in [-0.4, -0.2) is 25.8 Å². The van der Waals surface area contributed by atoms with Gasteiger partial charge in [0.15, 0.2) is 0 Å². The van der Waals surface area contributed by atoms with Crippen molar-refractivity contribution in [2.75, 3.05) is 19.8 Å². The van der Waals surface area contributed by atoms with Crippen molar-refractivity contribution in [2.24, 2.45) is 11.3 Å². The monoisotopic (exact) mass is 227 g/mol. The number of nitrogens with one attached hydrogen (secondary N) is 1. The highest BCUT2D eigenvalue weighted by molar-refractivity contribution is 4.87. The Morgan fingerprint density at radius 1 is 1.31 bits per heavy atom. The van der Waals surface area contributed by atoms with Crippen molar-refractivity contribution >= 4 is 0 Å². The Morgan fingerprint density at radius 2 is 2.06 bits per heavy atom. The van der Waals surface area contributed by atoms with Crippen LogP contribution in [0.3, 0.4) is 0 Å². The molecule has 2 nitrogen and oxygen atoms in total. The SMILES string of the molecule is CC(C)COCCNC1CCCCC1(C)C. The van der Waals surface area contributed by atoms with Crippen molar-refractivity contribution in [1.29, 1.82) is 0 Å². The van der Waals surface area contributed by atoms with Crippen molar-refractivity contribution in [3.8, 4) is 0 Å². The predicted molar refractivity (Wildman–Crippen MR) is 69.7 cm³/mol. The second-order valence-corrected chi connectivity index (χ2v) is 6.21. The van der Waals surface area contributed by atoms with Gasteiger partial charge in [-0.3, -0.25) is 0 Å². The molecule has 0 aromatic rings. The van der Waals surface area contributed by atoms with Crippen molar-refractivity contribution in [2.45, 2.75) is 59.4 Å². The van der Waals surface area contributed by atoms with E-state index in [0.717, 1.165) is 19.8 Å². The summed E-state index contributed by atoms with van der Waals surface area (Å²) in [6.45, 7) is 11.9. The normalized spacial score (nSPS) is 24.9. The Labute approximate surface area is 101 Å². The Kier molecular flexibility index (Phi) is 5.77. The molecule has 1 atom stereocenters. The minimum absolute atomic E-state index is 0.469. The van der Waals surface area contributed by atoms with Crippen LogP contribution in [0, 0.1) is 11.3 Å². The van der Waals surface area contributed by atoms with E-state index in [-0.39, 0.29) is 0 Å². The molecule has 0 radical (unpaired) electrons. The van der Waals surface area contributed by atoms with E-state index in [2.05, 4.69) is 33.0 Å². The third kappa shape index (κ3) is 4.84. The van der Waals surface area contributed by atoms with E-state index in [1.165, 1.54) is 25.7 Å². The van der Waals surface area contributed by atoms with Gasteiger partial charge in [0.05, 0.1) is 6.61 Å². The molecule has 0 aromatic heterocycles. The average Bonchev–Trinajstić information content (AvgIpc) is 2.19. The highest BCUT2D eigenvalue weighted by Gasteiger charge is 2.31. The fourth-order valence-corrected chi connectivity index (χ4v) is 2.50. The molecule has 0 amide bonds. The van der Waals surface area contributed by atoms with Crippen molar-refractivity contribution in [3.05, 3.63) is 0 Å². The summed E-state index contributed by atoms with van der Waals surface area (Å²) >= 11 is 0. The number of ether oxygens (including phenoxy) is 1. The molecule has 0 heterocycles. The lowest BCUT2D eigenvalue weighted by molar-refractivity contribution is 0.0981. The molecular weight excluding hydrogens is 198 g/mol. The molecule has 1 N–H and O–H groups in total. The second-order valence-electron chi connectivity index (χ2n) is 6.21. The summed E-state index contributed by atoms with van der Waals surface area (Å²) in [6, 6.07) is 0.684. The van der Waals surface area contributed by atoms with Gasteiger partial charge < -0.3 is 10.1 Å². The van der Waals surface area contributed by atoms with Crippen LogP contribution in [0.1, 0.15) is 53.4 Å². The summed E-state index contributed by atoms with van der Waals surface area (Å²) in [4.78, 5) is 0. The maximum absolute atomic E-state index is 5.59. The van der Waals surface area contributed by atoms with Gasteiger partial charge in [0, 0.05) is 19.2 Å². The van der Waals surface area contributed by atoms with Gasteiger partial charge in [-0.05, 0) is 24.2 Å². The Balaban J connectivity index is 2.11. The minimum atomic E-state index is 0.469. The van der Waals surface area contributed by atoms with E-state index in [1.54, 1.807) is 0 Å². The summed E-state index contributed by atoms with van der Waals surface area (Å²) < 4.78 is 5.59. The number of rotatable bonds is 6. The number of hydrogen-bond donors (Lipinski definition) is 1. The van der Waals surface area contributed by atoms with Gasteiger partial charge in [-0.15, -0.1) is 0 Å². The molecule has 0 bridgehead atoms. The summed E-state index contributed by atoms with van der Waals surface area (Å²) in [7, 11) is 0. The molecule has 2 heteroatoms. The summed E-state index contributed by atoms with van der Waals surface area (Å²) in [5.41, 5.74) is 0.469. The van der Waals surface area contributed by atoms with Crippen LogP contribution in [0.4, 0.5) is 0 Å². The second kappa shape index (κ2) is 6.61. The van der Waals surface area contributed by atoms with E-state index >= 15 is 0 Å². The third-order valence-corrected chi connectivity index (χ3v) is 3.60. The van der Waals surface area contributed by atoms with Crippen molar-refractivity contribution < 1.29 is 4.74 Å². The van der Waals surface area contributed by atoms with Gasteiger partial charge >= 0.3 is 0 Å². The van der Waals surface area contributed by atoms with Gasteiger partial charge in [0.25, 0.3) is 0 Å². The lowest BCUT2D eigenvalue weighted by Crippen LogP contribution is -2.45. The Morgan fingerprint density at radius 3 is 2.69 bits per heavy atom. The van der Waals surface area contributed by atoms with Gasteiger partial charge in [-0.2, -0.15) is 0 Å². The first-order chi connectivity index (χ1) is 7.52. The molecule has 1 saturated carbocycles. The zero-order chi connectivity index (χ0) is 12.0. The smallest absolute Gasteiger partial charge is 0.0591 e. The van der Waals surface area contributed by atoms with E-state index in [9.17, 15) is 0 Å². The van der Waals surface area contributed by atoms with Gasteiger partial charge in [-0.25, -0.2) is 0 Å². The van der Waals surface area contributed by atoms with Gasteiger partial charge in [0.1, 0.15) is 0 Å². The van der Waals surface area contributed by atoms with Crippen LogP contribution < -0.4 is 5.32 Å². The standard InChI is InChI=1S/C14H29NO/c1-12(2)11-16-10-9-15-13-7-5-6-8-14(13,3)4/h12-13,15H,5-11H2,1-4H3. The first kappa shape index (κ1) is 14.0. The van der Waals surface area contributed by atoms with Crippen LogP contribution in [0.5, 0.6) is 0 Å². The van der Waals surface area contributed by atoms with Crippen LogP contribution >= 0.6 is 0 Å². The van der Waals surface area contributed by atoms with E-state index in [0.29, 0.717) is 17.4 Å². The van der Waals surface area contributed by atoms with E-state index in [4.69, 9.17) is 4.74 Å². The molecule has 16 heavy (non-hydrogen) atoms. The maximum Gasteiger partial charge on any atom is 0.0591 e. The molecule has 1 aliphatic rings. The average molecular weight is 227 g/mol. The van der Waals surface area contributed by atoms with Crippen LogP contribution in [0.15, 0.2) is 0 Å². The molecule has 0 aromatic carbocycles. The summed E-state index contributed by atoms with van der Waals surface area (Å²) in [5, 5.41) is 3.66. The molecule has 96 valence electrons. The summed E-state index contributed by atoms with van der Waals surface area (Å²) in [5.74, 6) is 0.645. The van der Waals surface area contributed by atoms with Crippen LogP contribution in [0.25, 0.3) is 0 Å². The first-order valence-corrected chi connectivity index (χ1v) is 6.83. The fraction of sp³-hybridized carbons (Fsp3) is 1.00. The predicted octanol–water partition coefficient (Wildman–Crippen LogP) is 3.22. The first-order valence-electron chi connectivity index (χ1n) is 6.83. The lowest BCUT2D eigenvalue weighted by Gasteiger charge is -2.39. The molecule has 1 unspecified atom stereocenters. The highest BCUT2D eigenvalue weighted by Crippen LogP contribution is 2.35. The molecule has 0 saturated heterocycles. The third-order valence-electron chi connectivity index (χ3n) is 3.60. The van der Waals surface area contributed by atoms with Crippen LogP contribution in [0.2, 0.25) is 0 Å². The lowest BCUT2D eigenvalue weighted by atomic mass is 9.73. The van der Waals surface area contributed by atoms with E-state index < -0.39 is 0 Å². The Hall–Kier alpha value is -0.0800. The van der Waals surface area contributed by atoms with E-state index in [1.807, 2.05) is 0 Å². The van der Waals surface area contributed by atoms with Gasteiger partial charge in [0.2, 0.25) is 0 Å². The van der Waals surface area contributed by atoms with Gasteiger partial charge in [-0.1, -0.05) is 40.5 Å². The topological polar surface area (TPSA) is 21.3 Å². The van der Waals surface area contributed by atoms with Crippen LogP contribution in [-0.2, 0) is 4.74 Å². The zero-order valence-corrected chi connectivity index (χ0v) is 11.5. The Bertz CT molecular complexity index is 189. The molecule has 1 rings (SSSR count). The molecule has 0 spiro atoms. The zero-order valence-electron chi connectivity index (χ0n) is 11.5. The quantitative estimate of drug-likeness (QED) is 0.704. The highest BCUT2D eigenvalue weighted by atomic mass is 16.5. The molecule has 1 fully saturated rings. The van der Waals surface area contributed by atoms with Crippen molar-refractivity contribution in [3.63, 3.8) is 0 Å². The minimum Gasteiger partial charge on any atom is -0.380 e. The molecule has 0 aliphatic heterocycles. The van der Waals surface area contributed by atoms with Crippen molar-refractivity contribution in [1.82, 2.24) is 5.32 Å². The maximum atomic E-state index is 5.59. The molecule has 1 aliphatic carbocycles. The summed E-state index contributed by atoms with van der Waals surface area (Å²) in [6.07, 6.45) is 5.47. The molecular formula is C14H29NO. The fourth-order valence-electron chi connectivity index (χ4n) is 2.50.